The predicted molar refractivity (Wildman–Crippen MR) is 39.0 cm³/mol. The summed E-state index contributed by atoms with van der Waals surface area (Å²) in [6.07, 6.45) is 5.87. The monoisotopic (exact) mass is 156 g/mol. The van der Waals surface area contributed by atoms with Crippen LogP contribution < -0.4 is 0 Å². The normalized spacial score (nSPS) is 28.8. The number of hydrogen-bond acceptors (Lipinski definition) is 1. The van der Waals surface area contributed by atoms with Gasteiger partial charge in [-0.15, -0.1) is 0 Å². The van der Waals surface area contributed by atoms with Crippen LogP contribution in [0.15, 0.2) is 24.3 Å². The van der Waals surface area contributed by atoms with Gasteiger partial charge in [0, 0.05) is 6.42 Å². The van der Waals surface area contributed by atoms with E-state index < -0.39 is 18.1 Å². The number of aliphatic carboxylic acids is 1. The van der Waals surface area contributed by atoms with Gasteiger partial charge in [0.2, 0.25) is 0 Å². The molecule has 0 aromatic carbocycles. The number of hydrogen-bond donors (Lipinski definition) is 1. The van der Waals surface area contributed by atoms with Crippen LogP contribution in [0.1, 0.15) is 12.8 Å². The van der Waals surface area contributed by atoms with Gasteiger partial charge in [-0.2, -0.15) is 0 Å². The van der Waals surface area contributed by atoms with Gasteiger partial charge in [0.1, 0.15) is 5.67 Å². The van der Waals surface area contributed by atoms with Crippen molar-refractivity contribution < 1.29 is 14.3 Å². The third-order valence-electron chi connectivity index (χ3n) is 1.54. The standard InChI is InChI=1S/C8H9FO2/c9-8(6-7(10)11)4-2-1-3-5-8/h1-4H,5-6H2,(H,10,11). The highest BCUT2D eigenvalue weighted by atomic mass is 19.1. The topological polar surface area (TPSA) is 37.3 Å². The lowest BCUT2D eigenvalue weighted by molar-refractivity contribution is -0.139. The summed E-state index contributed by atoms with van der Waals surface area (Å²) in [5.74, 6) is -1.10. The minimum atomic E-state index is -1.67. The molecule has 2 nitrogen and oxygen atoms in total. The van der Waals surface area contributed by atoms with Crippen LogP contribution in [0.5, 0.6) is 0 Å². The van der Waals surface area contributed by atoms with Crippen LogP contribution in [-0.2, 0) is 4.79 Å². The highest BCUT2D eigenvalue weighted by Gasteiger charge is 2.29. The second-order valence-electron chi connectivity index (χ2n) is 2.60. The molecular weight excluding hydrogens is 147 g/mol. The summed E-state index contributed by atoms with van der Waals surface area (Å²) >= 11 is 0. The molecule has 0 aromatic rings. The summed E-state index contributed by atoms with van der Waals surface area (Å²) in [7, 11) is 0. The summed E-state index contributed by atoms with van der Waals surface area (Å²) in [5.41, 5.74) is -1.67. The van der Waals surface area contributed by atoms with Crippen LogP contribution >= 0.6 is 0 Å². The average Bonchev–Trinajstić information content (AvgIpc) is 1.85. The van der Waals surface area contributed by atoms with Crippen LogP contribution in [0.25, 0.3) is 0 Å². The fourth-order valence-electron chi connectivity index (χ4n) is 1.02. The number of alkyl halides is 1. The van der Waals surface area contributed by atoms with E-state index >= 15 is 0 Å². The average molecular weight is 156 g/mol. The molecule has 1 atom stereocenters. The molecule has 0 amide bonds. The van der Waals surface area contributed by atoms with Crippen LogP contribution in [-0.4, -0.2) is 16.7 Å². The molecule has 0 fully saturated rings. The van der Waals surface area contributed by atoms with Crippen molar-refractivity contribution >= 4 is 5.97 Å². The zero-order chi connectivity index (χ0) is 8.32. The second-order valence-corrected chi connectivity index (χ2v) is 2.60. The van der Waals surface area contributed by atoms with Crippen LogP contribution in [0.4, 0.5) is 4.39 Å². The first-order chi connectivity index (χ1) is 5.12. The van der Waals surface area contributed by atoms with E-state index in [0.29, 0.717) is 0 Å². The molecule has 1 N–H and O–H groups in total. The first kappa shape index (κ1) is 7.98. The lowest BCUT2D eigenvalue weighted by Gasteiger charge is -2.18. The summed E-state index contributed by atoms with van der Waals surface area (Å²) < 4.78 is 13.3. The minimum absolute atomic E-state index is 0.163. The van der Waals surface area contributed by atoms with Crippen LogP contribution in [0, 0.1) is 0 Å². The number of rotatable bonds is 2. The maximum Gasteiger partial charge on any atom is 0.306 e. The summed E-state index contributed by atoms with van der Waals surface area (Å²) in [4.78, 5) is 10.2. The molecule has 0 aromatic heterocycles. The maximum atomic E-state index is 13.3. The number of carboxylic acids is 1. The largest absolute Gasteiger partial charge is 0.481 e. The van der Waals surface area contributed by atoms with Gasteiger partial charge in [0.15, 0.2) is 0 Å². The first-order valence-corrected chi connectivity index (χ1v) is 3.37. The van der Waals surface area contributed by atoms with E-state index in [2.05, 4.69) is 0 Å². The molecule has 60 valence electrons. The molecule has 1 aliphatic rings. The Labute approximate surface area is 64.0 Å². The quantitative estimate of drug-likeness (QED) is 0.660. The molecule has 0 radical (unpaired) electrons. The van der Waals surface area contributed by atoms with Gasteiger partial charge in [0.05, 0.1) is 6.42 Å². The summed E-state index contributed by atoms with van der Waals surface area (Å²) in [5, 5.41) is 8.33. The van der Waals surface area contributed by atoms with Crippen LogP contribution in [0.2, 0.25) is 0 Å². The third kappa shape index (κ3) is 2.18. The molecule has 1 unspecified atom stereocenters. The molecule has 0 saturated carbocycles. The Bertz CT molecular complexity index is 220. The van der Waals surface area contributed by atoms with E-state index in [1.807, 2.05) is 0 Å². The van der Waals surface area contributed by atoms with Gasteiger partial charge in [0.25, 0.3) is 0 Å². The van der Waals surface area contributed by atoms with Crippen molar-refractivity contribution in [2.45, 2.75) is 18.5 Å². The fourth-order valence-corrected chi connectivity index (χ4v) is 1.02. The van der Waals surface area contributed by atoms with Crippen molar-refractivity contribution in [1.82, 2.24) is 0 Å². The summed E-state index contributed by atoms with van der Waals surface area (Å²) in [6.45, 7) is 0. The zero-order valence-corrected chi connectivity index (χ0v) is 5.96. The van der Waals surface area contributed by atoms with Gasteiger partial charge in [-0.25, -0.2) is 4.39 Å². The Morgan fingerprint density at radius 2 is 2.36 bits per heavy atom. The second kappa shape index (κ2) is 2.86. The Morgan fingerprint density at radius 3 is 2.82 bits per heavy atom. The molecule has 0 bridgehead atoms. The van der Waals surface area contributed by atoms with E-state index in [1.165, 1.54) is 12.2 Å². The number of halogens is 1. The number of carboxylic acid groups (broad SMARTS) is 1. The zero-order valence-electron chi connectivity index (χ0n) is 5.96. The third-order valence-corrected chi connectivity index (χ3v) is 1.54. The van der Waals surface area contributed by atoms with E-state index in [0.717, 1.165) is 0 Å². The van der Waals surface area contributed by atoms with Gasteiger partial charge >= 0.3 is 5.97 Å². The van der Waals surface area contributed by atoms with E-state index in [-0.39, 0.29) is 6.42 Å². The smallest absolute Gasteiger partial charge is 0.306 e. The van der Waals surface area contributed by atoms with Gasteiger partial charge in [-0.05, 0) is 6.08 Å². The molecule has 1 aliphatic carbocycles. The predicted octanol–water partition coefficient (Wildman–Crippen LogP) is 1.69. The van der Waals surface area contributed by atoms with E-state index in [1.54, 1.807) is 12.2 Å². The minimum Gasteiger partial charge on any atom is -0.481 e. The molecule has 0 aliphatic heterocycles. The van der Waals surface area contributed by atoms with Crippen molar-refractivity contribution in [1.29, 1.82) is 0 Å². The molecule has 3 heteroatoms. The first-order valence-electron chi connectivity index (χ1n) is 3.37. The van der Waals surface area contributed by atoms with E-state index in [4.69, 9.17) is 5.11 Å². The Morgan fingerprint density at radius 1 is 1.64 bits per heavy atom. The Kier molecular flexibility index (Phi) is 2.08. The molecule has 0 heterocycles. The van der Waals surface area contributed by atoms with Crippen molar-refractivity contribution in [2.75, 3.05) is 0 Å². The summed E-state index contributed by atoms with van der Waals surface area (Å²) in [6, 6.07) is 0. The Balaban J connectivity index is 2.61. The van der Waals surface area contributed by atoms with Crippen LogP contribution in [0.3, 0.4) is 0 Å². The SMILES string of the molecule is O=C(O)CC1(F)C=CC=CC1. The lowest BCUT2D eigenvalue weighted by atomic mass is 9.94. The van der Waals surface area contributed by atoms with Gasteiger partial charge in [-0.1, -0.05) is 18.2 Å². The Hall–Kier alpha value is -1.12. The van der Waals surface area contributed by atoms with Crippen molar-refractivity contribution in [3.63, 3.8) is 0 Å². The fraction of sp³-hybridized carbons (Fsp3) is 0.375. The van der Waals surface area contributed by atoms with E-state index in [9.17, 15) is 9.18 Å². The van der Waals surface area contributed by atoms with Crippen molar-refractivity contribution in [2.24, 2.45) is 0 Å². The lowest BCUT2D eigenvalue weighted by Crippen LogP contribution is -2.24. The number of allylic oxidation sites excluding steroid dienone is 4. The molecular formula is C8H9FO2. The molecule has 1 rings (SSSR count). The highest BCUT2D eigenvalue weighted by molar-refractivity contribution is 5.68. The maximum absolute atomic E-state index is 13.3. The van der Waals surface area contributed by atoms with Crippen molar-refractivity contribution in [3.8, 4) is 0 Å². The number of carbonyl (C=O) groups is 1. The molecule has 0 saturated heterocycles. The molecule has 0 spiro atoms. The highest BCUT2D eigenvalue weighted by Crippen LogP contribution is 2.25. The van der Waals surface area contributed by atoms with Gasteiger partial charge < -0.3 is 5.11 Å². The van der Waals surface area contributed by atoms with Crippen molar-refractivity contribution in [3.05, 3.63) is 24.3 Å². The van der Waals surface area contributed by atoms with Gasteiger partial charge in [-0.3, -0.25) is 4.79 Å². The molecule has 11 heavy (non-hydrogen) atoms.